The van der Waals surface area contributed by atoms with Crippen molar-refractivity contribution in [1.82, 2.24) is 19.5 Å². The summed E-state index contributed by atoms with van der Waals surface area (Å²) in [5.74, 6) is -0.215. The lowest BCUT2D eigenvalue weighted by Gasteiger charge is -2.28. The highest BCUT2D eigenvalue weighted by Crippen LogP contribution is 2.34. The maximum absolute atomic E-state index is 12.3. The Morgan fingerprint density at radius 3 is 2.59 bits per heavy atom. The summed E-state index contributed by atoms with van der Waals surface area (Å²) in [6.45, 7) is 3.14. The molecule has 1 fully saturated rings. The zero-order valence-corrected chi connectivity index (χ0v) is 19.0. The fourth-order valence-corrected chi connectivity index (χ4v) is 4.06. The van der Waals surface area contributed by atoms with Gasteiger partial charge in [-0.25, -0.2) is 9.97 Å². The van der Waals surface area contributed by atoms with Crippen molar-refractivity contribution < 1.29 is 14.3 Å². The number of hydrogen-bond acceptors (Lipinski definition) is 8. The van der Waals surface area contributed by atoms with E-state index in [9.17, 15) is 4.79 Å². The van der Waals surface area contributed by atoms with Crippen LogP contribution in [-0.2, 0) is 11.8 Å². The first-order valence-corrected chi connectivity index (χ1v) is 10.9. The first-order chi connectivity index (χ1) is 16.5. The van der Waals surface area contributed by atoms with E-state index in [-0.39, 0.29) is 17.4 Å². The second kappa shape index (κ2) is 8.99. The molecule has 5 rings (SSSR count). The van der Waals surface area contributed by atoms with E-state index in [1.54, 1.807) is 6.33 Å². The molecule has 0 unspecified atom stereocenters. The van der Waals surface area contributed by atoms with E-state index in [0.717, 1.165) is 48.7 Å². The van der Waals surface area contributed by atoms with Crippen LogP contribution in [0.5, 0.6) is 5.88 Å². The highest BCUT2D eigenvalue weighted by molar-refractivity contribution is 5.98. The molecule has 0 bridgehead atoms. The molecule has 0 aliphatic carbocycles. The van der Waals surface area contributed by atoms with Gasteiger partial charge < -0.3 is 30.0 Å². The number of carbonyl (C=O) groups excluding carboxylic acids is 1. The second-order valence-electron chi connectivity index (χ2n) is 7.94. The van der Waals surface area contributed by atoms with Gasteiger partial charge in [0.1, 0.15) is 5.69 Å². The average molecular weight is 460 g/mol. The summed E-state index contributed by atoms with van der Waals surface area (Å²) in [7, 11) is 3.42. The Kier molecular flexibility index (Phi) is 5.72. The van der Waals surface area contributed by atoms with E-state index in [2.05, 4.69) is 25.2 Å². The SMILES string of the molecule is COc1nc(Nc2ccc(N3CCOCC3)cc2)c(C(N)=O)nc1-c1cccc2c1ncn2C. The van der Waals surface area contributed by atoms with Crippen LogP contribution in [0.1, 0.15) is 10.5 Å². The average Bonchev–Trinajstić information content (AvgIpc) is 3.25. The number of ether oxygens (including phenoxy) is 2. The van der Waals surface area contributed by atoms with Crippen LogP contribution >= 0.6 is 0 Å². The Morgan fingerprint density at radius 1 is 1.12 bits per heavy atom. The predicted octanol–water partition coefficient (Wildman–Crippen LogP) is 2.72. The van der Waals surface area contributed by atoms with E-state index in [0.29, 0.717) is 11.3 Å². The number of nitrogens with two attached hydrogens (primary N) is 1. The maximum atomic E-state index is 12.3. The minimum atomic E-state index is -0.697. The molecule has 2 aromatic carbocycles. The molecule has 34 heavy (non-hydrogen) atoms. The van der Waals surface area contributed by atoms with Crippen LogP contribution in [0.4, 0.5) is 17.2 Å². The Labute approximate surface area is 196 Å². The van der Waals surface area contributed by atoms with Gasteiger partial charge in [-0.2, -0.15) is 4.98 Å². The van der Waals surface area contributed by atoms with Crippen LogP contribution in [0.15, 0.2) is 48.8 Å². The number of rotatable bonds is 6. The summed E-state index contributed by atoms with van der Waals surface area (Å²) < 4.78 is 12.9. The number of benzene rings is 2. The Bertz CT molecular complexity index is 1340. The molecule has 1 saturated heterocycles. The molecule has 1 aliphatic heterocycles. The third kappa shape index (κ3) is 3.99. The number of hydrogen-bond donors (Lipinski definition) is 2. The van der Waals surface area contributed by atoms with Crippen LogP contribution in [-0.4, -0.2) is 58.8 Å². The number of carbonyl (C=O) groups is 1. The normalized spacial score (nSPS) is 13.8. The van der Waals surface area contributed by atoms with Gasteiger partial charge >= 0.3 is 0 Å². The van der Waals surface area contributed by atoms with Gasteiger partial charge in [0.05, 0.1) is 37.7 Å². The quantitative estimate of drug-likeness (QED) is 0.452. The minimum absolute atomic E-state index is 0.0148. The molecule has 3 N–H and O–H groups in total. The van der Waals surface area contributed by atoms with Crippen molar-refractivity contribution in [2.45, 2.75) is 0 Å². The van der Waals surface area contributed by atoms with Crippen molar-refractivity contribution >= 4 is 34.1 Å². The molecule has 0 saturated carbocycles. The molecule has 4 aromatic rings. The zero-order chi connectivity index (χ0) is 23.7. The standard InChI is InChI=1S/C24H25N7O3/c1-30-14-26-19-17(4-3-5-18(19)30)20-24(33-2)29-23(21(28-20)22(25)32)27-15-6-8-16(9-7-15)31-10-12-34-13-11-31/h3-9,14H,10-13H2,1-2H3,(H2,25,32)(H,27,29). The Morgan fingerprint density at radius 2 is 1.88 bits per heavy atom. The number of aromatic nitrogens is 4. The second-order valence-corrected chi connectivity index (χ2v) is 7.94. The molecule has 1 amide bonds. The third-order valence-electron chi connectivity index (χ3n) is 5.81. The van der Waals surface area contributed by atoms with Gasteiger partial charge in [0.2, 0.25) is 5.88 Å². The summed E-state index contributed by atoms with van der Waals surface area (Å²) >= 11 is 0. The molecule has 10 heteroatoms. The summed E-state index contributed by atoms with van der Waals surface area (Å²) in [4.78, 5) is 28.2. The summed E-state index contributed by atoms with van der Waals surface area (Å²) in [6, 6.07) is 13.6. The van der Waals surface area contributed by atoms with Crippen molar-refractivity contribution in [1.29, 1.82) is 0 Å². The molecule has 0 atom stereocenters. The molecule has 10 nitrogen and oxygen atoms in total. The zero-order valence-electron chi connectivity index (χ0n) is 19.0. The molecule has 0 spiro atoms. The van der Waals surface area contributed by atoms with E-state index in [1.165, 1.54) is 7.11 Å². The fraction of sp³-hybridized carbons (Fsp3) is 0.250. The van der Waals surface area contributed by atoms with E-state index in [1.807, 2.05) is 54.1 Å². The third-order valence-corrected chi connectivity index (χ3v) is 5.81. The number of anilines is 3. The maximum Gasteiger partial charge on any atom is 0.271 e. The van der Waals surface area contributed by atoms with Crippen LogP contribution in [0.25, 0.3) is 22.3 Å². The summed E-state index contributed by atoms with van der Waals surface area (Å²) in [5.41, 5.74) is 10.3. The first-order valence-electron chi connectivity index (χ1n) is 10.9. The number of morpholine rings is 1. The van der Waals surface area contributed by atoms with E-state index < -0.39 is 5.91 Å². The number of amides is 1. The number of methoxy groups -OCH3 is 1. The highest BCUT2D eigenvalue weighted by atomic mass is 16.5. The number of fused-ring (bicyclic) bond motifs is 1. The van der Waals surface area contributed by atoms with Gasteiger partial charge in [-0.1, -0.05) is 12.1 Å². The number of nitrogens with one attached hydrogen (secondary N) is 1. The number of aryl methyl sites for hydroxylation is 1. The van der Waals surface area contributed by atoms with Gasteiger partial charge in [0.25, 0.3) is 5.91 Å². The molecule has 0 radical (unpaired) electrons. The van der Waals surface area contributed by atoms with E-state index in [4.69, 9.17) is 15.2 Å². The molecule has 174 valence electrons. The van der Waals surface area contributed by atoms with Gasteiger partial charge in [-0.05, 0) is 30.3 Å². The number of imidazole rings is 1. The lowest BCUT2D eigenvalue weighted by Crippen LogP contribution is -2.36. The lowest BCUT2D eigenvalue weighted by molar-refractivity contribution is 0.0996. The van der Waals surface area contributed by atoms with Gasteiger partial charge in [-0.15, -0.1) is 0 Å². The first kappa shape index (κ1) is 21.7. The van der Waals surface area contributed by atoms with Crippen molar-refractivity contribution in [3.05, 3.63) is 54.5 Å². The topological polar surface area (TPSA) is 120 Å². The monoisotopic (exact) mass is 459 g/mol. The molecular weight excluding hydrogens is 434 g/mol. The molecule has 3 heterocycles. The fourth-order valence-electron chi connectivity index (χ4n) is 4.06. The summed E-state index contributed by atoms with van der Waals surface area (Å²) in [6.07, 6.45) is 1.72. The molecule has 1 aliphatic rings. The minimum Gasteiger partial charge on any atom is -0.479 e. The predicted molar refractivity (Wildman–Crippen MR) is 130 cm³/mol. The molecule has 2 aromatic heterocycles. The Balaban J connectivity index is 1.51. The van der Waals surface area contributed by atoms with Crippen molar-refractivity contribution in [2.24, 2.45) is 12.8 Å². The van der Waals surface area contributed by atoms with Gasteiger partial charge in [0, 0.05) is 37.1 Å². The number of primary amides is 1. The van der Waals surface area contributed by atoms with Crippen LogP contribution in [0.2, 0.25) is 0 Å². The van der Waals surface area contributed by atoms with Gasteiger partial charge in [0.15, 0.2) is 11.5 Å². The molecular formula is C24H25N7O3. The Hall–Kier alpha value is -4.18. The number of para-hydroxylation sites is 1. The van der Waals surface area contributed by atoms with E-state index >= 15 is 0 Å². The van der Waals surface area contributed by atoms with Crippen molar-refractivity contribution in [3.63, 3.8) is 0 Å². The van der Waals surface area contributed by atoms with Crippen LogP contribution < -0.4 is 20.7 Å². The smallest absolute Gasteiger partial charge is 0.271 e. The lowest BCUT2D eigenvalue weighted by atomic mass is 10.1. The van der Waals surface area contributed by atoms with Crippen molar-refractivity contribution in [3.8, 4) is 17.1 Å². The van der Waals surface area contributed by atoms with Crippen LogP contribution in [0, 0.1) is 0 Å². The summed E-state index contributed by atoms with van der Waals surface area (Å²) in [5, 5.41) is 3.16. The largest absolute Gasteiger partial charge is 0.479 e. The number of nitrogens with zero attached hydrogens (tertiary/aromatic N) is 5. The van der Waals surface area contributed by atoms with Crippen molar-refractivity contribution in [2.75, 3.05) is 43.6 Å². The van der Waals surface area contributed by atoms with Gasteiger partial charge in [-0.3, -0.25) is 4.79 Å². The highest BCUT2D eigenvalue weighted by Gasteiger charge is 2.22. The van der Waals surface area contributed by atoms with Crippen LogP contribution in [0.3, 0.4) is 0 Å².